The van der Waals surface area contributed by atoms with Crippen LogP contribution < -0.4 is 11.1 Å². The summed E-state index contributed by atoms with van der Waals surface area (Å²) in [6.45, 7) is 2.93. The van der Waals surface area contributed by atoms with E-state index in [9.17, 15) is 14.3 Å². The van der Waals surface area contributed by atoms with Gasteiger partial charge >= 0.3 is 0 Å². The largest absolute Gasteiger partial charge is 0.393 e. The first kappa shape index (κ1) is 20.3. The average Bonchev–Trinajstić information content (AvgIpc) is 2.75. The Balaban J connectivity index is 1.51. The van der Waals surface area contributed by atoms with Crippen LogP contribution in [0.25, 0.3) is 21.9 Å². The highest BCUT2D eigenvalue weighted by molar-refractivity contribution is 6.09. The van der Waals surface area contributed by atoms with Gasteiger partial charge in [0, 0.05) is 37.8 Å². The number of nitrogens with zero attached hydrogens (tertiary/aromatic N) is 2. The summed E-state index contributed by atoms with van der Waals surface area (Å²) in [6.07, 6.45) is 2.83. The smallest absolute Gasteiger partial charge is 0.253 e. The van der Waals surface area contributed by atoms with Crippen LogP contribution in [0.4, 0.5) is 10.2 Å². The van der Waals surface area contributed by atoms with Crippen LogP contribution in [0.15, 0.2) is 48.7 Å². The molecule has 0 bridgehead atoms. The van der Waals surface area contributed by atoms with Gasteiger partial charge in [0.2, 0.25) is 0 Å². The number of amides is 1. The van der Waals surface area contributed by atoms with Crippen LogP contribution in [0.3, 0.4) is 0 Å². The fourth-order valence-corrected chi connectivity index (χ4v) is 3.86. The topological polar surface area (TPSA) is 91.5 Å². The van der Waals surface area contributed by atoms with Crippen LogP contribution in [-0.2, 0) is 0 Å². The van der Waals surface area contributed by atoms with Gasteiger partial charge in [0.1, 0.15) is 11.6 Å². The molecule has 2 aromatic carbocycles. The van der Waals surface area contributed by atoms with E-state index in [2.05, 4.69) is 15.2 Å². The maximum atomic E-state index is 13.6. The molecule has 7 heteroatoms. The lowest BCUT2D eigenvalue weighted by atomic mass is 9.99. The van der Waals surface area contributed by atoms with E-state index in [1.54, 1.807) is 6.07 Å². The van der Waals surface area contributed by atoms with Crippen molar-refractivity contribution in [3.05, 3.63) is 60.0 Å². The summed E-state index contributed by atoms with van der Waals surface area (Å²) in [5.74, 6) is -0.190. The van der Waals surface area contributed by atoms with Crippen molar-refractivity contribution in [3.63, 3.8) is 0 Å². The van der Waals surface area contributed by atoms with Gasteiger partial charge in [-0.25, -0.2) is 9.37 Å². The van der Waals surface area contributed by atoms with Gasteiger partial charge in [-0.1, -0.05) is 24.3 Å². The van der Waals surface area contributed by atoms with Gasteiger partial charge in [-0.05, 0) is 47.6 Å². The van der Waals surface area contributed by atoms with Crippen LogP contribution in [0.1, 0.15) is 23.2 Å². The van der Waals surface area contributed by atoms with Crippen molar-refractivity contribution in [1.29, 1.82) is 0 Å². The Labute approximate surface area is 174 Å². The molecule has 0 aliphatic carbocycles. The first-order valence-electron chi connectivity index (χ1n) is 10.1. The Morgan fingerprint density at radius 2 is 1.93 bits per heavy atom. The van der Waals surface area contributed by atoms with Crippen LogP contribution in [0.5, 0.6) is 0 Å². The first-order chi connectivity index (χ1) is 14.5. The Morgan fingerprint density at radius 1 is 1.17 bits per heavy atom. The summed E-state index contributed by atoms with van der Waals surface area (Å²) in [7, 11) is 0. The first-order valence-corrected chi connectivity index (χ1v) is 10.1. The second-order valence-electron chi connectivity index (χ2n) is 7.66. The monoisotopic (exact) mass is 408 g/mol. The van der Waals surface area contributed by atoms with Gasteiger partial charge in [-0.3, -0.25) is 4.79 Å². The van der Waals surface area contributed by atoms with Gasteiger partial charge in [-0.2, -0.15) is 0 Å². The molecule has 4 rings (SSSR count). The number of halogens is 1. The number of piperidine rings is 1. The Hall–Kier alpha value is -3.03. The standard InChI is InChI=1S/C23H25FN4O2/c24-17-3-1-2-15(12-17)16-4-5-19-20(13-16)22(25)27-14-21(19)23(30)26-8-11-28-9-6-18(29)7-10-28/h1-5,12-14,18,29H,6-11H2,(H2,25,27)(H,26,30). The molecule has 3 aromatic rings. The third-order valence-electron chi connectivity index (χ3n) is 5.59. The van der Waals surface area contributed by atoms with Crippen molar-refractivity contribution in [1.82, 2.24) is 15.2 Å². The number of aliphatic hydroxyl groups is 1. The number of pyridine rings is 1. The molecule has 156 valence electrons. The highest BCUT2D eigenvalue weighted by atomic mass is 19.1. The third kappa shape index (κ3) is 4.42. The van der Waals surface area contributed by atoms with E-state index in [4.69, 9.17) is 5.73 Å². The Bertz CT molecular complexity index is 1060. The molecule has 2 heterocycles. The molecule has 30 heavy (non-hydrogen) atoms. The van der Waals surface area contributed by atoms with E-state index >= 15 is 0 Å². The highest BCUT2D eigenvalue weighted by Gasteiger charge is 2.17. The molecule has 0 radical (unpaired) electrons. The Kier molecular flexibility index (Phi) is 5.92. The van der Waals surface area contributed by atoms with Crippen LogP contribution in [-0.4, -0.2) is 53.2 Å². The number of nitrogens with two attached hydrogens (primary N) is 1. The minimum Gasteiger partial charge on any atom is -0.393 e. The van der Waals surface area contributed by atoms with Gasteiger partial charge in [0.25, 0.3) is 5.91 Å². The Morgan fingerprint density at radius 3 is 2.70 bits per heavy atom. The third-order valence-corrected chi connectivity index (χ3v) is 5.59. The molecule has 1 aliphatic heterocycles. The van der Waals surface area contributed by atoms with Crippen molar-refractivity contribution in [2.45, 2.75) is 18.9 Å². The van der Waals surface area contributed by atoms with E-state index in [1.807, 2.05) is 24.3 Å². The number of hydrogen-bond acceptors (Lipinski definition) is 5. The number of aliphatic hydroxyl groups excluding tert-OH is 1. The molecular formula is C23H25FN4O2. The van der Waals surface area contributed by atoms with Gasteiger partial charge in [0.05, 0.1) is 11.7 Å². The second kappa shape index (κ2) is 8.77. The molecule has 1 aromatic heterocycles. The maximum absolute atomic E-state index is 13.6. The van der Waals surface area contributed by atoms with Crippen LogP contribution in [0, 0.1) is 5.82 Å². The number of aromatic nitrogens is 1. The molecule has 0 atom stereocenters. The minimum absolute atomic E-state index is 0.206. The number of nitrogen functional groups attached to an aromatic ring is 1. The molecule has 0 spiro atoms. The fraction of sp³-hybridized carbons (Fsp3) is 0.304. The van der Waals surface area contributed by atoms with Crippen molar-refractivity contribution in [2.75, 3.05) is 31.9 Å². The fourth-order valence-electron chi connectivity index (χ4n) is 3.86. The van der Waals surface area contributed by atoms with Gasteiger partial charge in [0.15, 0.2) is 0 Å². The summed E-state index contributed by atoms with van der Waals surface area (Å²) < 4.78 is 13.6. The number of fused-ring (bicyclic) bond motifs is 1. The van der Waals surface area contributed by atoms with Gasteiger partial charge < -0.3 is 21.1 Å². The highest BCUT2D eigenvalue weighted by Crippen LogP contribution is 2.29. The van der Waals surface area contributed by atoms with Crippen molar-refractivity contribution >= 4 is 22.5 Å². The summed E-state index contributed by atoms with van der Waals surface area (Å²) in [5, 5.41) is 13.9. The molecule has 6 nitrogen and oxygen atoms in total. The molecule has 1 saturated heterocycles. The minimum atomic E-state index is -0.310. The number of nitrogens with one attached hydrogen (secondary N) is 1. The van der Waals surface area contributed by atoms with E-state index in [0.29, 0.717) is 28.7 Å². The van der Waals surface area contributed by atoms with Gasteiger partial charge in [-0.15, -0.1) is 0 Å². The average molecular weight is 408 g/mol. The zero-order valence-corrected chi connectivity index (χ0v) is 16.6. The number of benzene rings is 2. The SMILES string of the molecule is Nc1ncc(C(=O)NCCN2CCC(O)CC2)c2ccc(-c3cccc(F)c3)cc12. The number of rotatable bonds is 5. The molecular weight excluding hydrogens is 383 g/mol. The van der Waals surface area contributed by atoms with Crippen molar-refractivity contribution in [3.8, 4) is 11.1 Å². The molecule has 0 unspecified atom stereocenters. The number of anilines is 1. The van der Waals surface area contributed by atoms with E-state index < -0.39 is 0 Å². The quantitative estimate of drug-likeness (QED) is 0.604. The normalized spacial score (nSPS) is 15.4. The van der Waals surface area contributed by atoms with Crippen LogP contribution >= 0.6 is 0 Å². The van der Waals surface area contributed by atoms with Crippen molar-refractivity contribution < 1.29 is 14.3 Å². The molecule has 0 saturated carbocycles. The van der Waals surface area contributed by atoms with Crippen LogP contribution in [0.2, 0.25) is 0 Å². The predicted octanol–water partition coefficient (Wildman–Crippen LogP) is 2.81. The molecule has 1 amide bonds. The predicted molar refractivity (Wildman–Crippen MR) is 116 cm³/mol. The lowest BCUT2D eigenvalue weighted by molar-refractivity contribution is 0.0805. The lowest BCUT2D eigenvalue weighted by Gasteiger charge is -2.29. The number of hydrogen-bond donors (Lipinski definition) is 3. The maximum Gasteiger partial charge on any atom is 0.253 e. The van der Waals surface area contributed by atoms with E-state index in [0.717, 1.165) is 43.6 Å². The summed E-state index contributed by atoms with van der Waals surface area (Å²) in [5.41, 5.74) is 8.06. The zero-order valence-electron chi connectivity index (χ0n) is 16.6. The van der Waals surface area contributed by atoms with E-state index in [-0.39, 0.29) is 17.8 Å². The zero-order chi connectivity index (χ0) is 21.1. The van der Waals surface area contributed by atoms with Crippen molar-refractivity contribution in [2.24, 2.45) is 0 Å². The molecule has 1 fully saturated rings. The number of carbonyl (C=O) groups is 1. The second-order valence-corrected chi connectivity index (χ2v) is 7.66. The summed E-state index contributed by atoms with van der Waals surface area (Å²) in [6, 6.07) is 11.9. The number of carbonyl (C=O) groups excluding carboxylic acids is 1. The summed E-state index contributed by atoms with van der Waals surface area (Å²) in [4.78, 5) is 19.2. The van der Waals surface area contributed by atoms with E-state index in [1.165, 1.54) is 18.3 Å². The molecule has 1 aliphatic rings. The summed E-state index contributed by atoms with van der Waals surface area (Å²) >= 11 is 0. The lowest BCUT2D eigenvalue weighted by Crippen LogP contribution is -2.40. The number of likely N-dealkylation sites (tertiary alicyclic amines) is 1. The molecule has 4 N–H and O–H groups in total.